The van der Waals surface area contributed by atoms with Crippen LogP contribution in [0, 0.1) is 10.1 Å². The second kappa shape index (κ2) is 9.39. The first-order chi connectivity index (χ1) is 12.9. The minimum atomic E-state index is -0.772. The monoisotopic (exact) mass is 394 g/mol. The van der Waals surface area contributed by atoms with Crippen LogP contribution < -0.4 is 14.8 Å². The van der Waals surface area contributed by atoms with Crippen molar-refractivity contribution in [3.8, 4) is 11.5 Å². The number of benzene rings is 2. The molecular formula is C17H15ClN2O7. The Morgan fingerprint density at radius 1 is 1.11 bits per heavy atom. The minimum Gasteiger partial charge on any atom is -0.497 e. The summed E-state index contributed by atoms with van der Waals surface area (Å²) >= 11 is 5.69. The Balaban J connectivity index is 1.81. The van der Waals surface area contributed by atoms with Gasteiger partial charge in [0, 0.05) is 11.1 Å². The van der Waals surface area contributed by atoms with Crippen LogP contribution in [0.4, 0.5) is 11.4 Å². The number of carbonyl (C=O) groups is 2. The Kier molecular flexibility index (Phi) is 6.95. The molecule has 1 amide bonds. The number of esters is 1. The topological polar surface area (TPSA) is 117 Å². The number of ether oxygens (including phenoxy) is 3. The Morgan fingerprint density at radius 3 is 2.41 bits per heavy atom. The average molecular weight is 395 g/mol. The predicted molar refractivity (Wildman–Crippen MR) is 96.2 cm³/mol. The van der Waals surface area contributed by atoms with Gasteiger partial charge in [-0.3, -0.25) is 14.9 Å². The molecule has 0 aromatic heterocycles. The summed E-state index contributed by atoms with van der Waals surface area (Å²) in [6, 6.07) is 10.3. The van der Waals surface area contributed by atoms with E-state index in [2.05, 4.69) is 5.32 Å². The van der Waals surface area contributed by atoms with Crippen molar-refractivity contribution in [1.82, 2.24) is 0 Å². The Hall–Kier alpha value is -3.33. The van der Waals surface area contributed by atoms with E-state index in [1.165, 1.54) is 19.2 Å². The summed E-state index contributed by atoms with van der Waals surface area (Å²) < 4.78 is 15.0. The lowest BCUT2D eigenvalue weighted by Gasteiger charge is -2.09. The third-order valence-corrected chi connectivity index (χ3v) is 3.45. The maximum Gasteiger partial charge on any atom is 0.344 e. The first kappa shape index (κ1) is 20.0. The van der Waals surface area contributed by atoms with Gasteiger partial charge in [0.2, 0.25) is 0 Å². The van der Waals surface area contributed by atoms with Gasteiger partial charge in [-0.2, -0.15) is 0 Å². The number of amides is 1. The van der Waals surface area contributed by atoms with Crippen LogP contribution in [0.5, 0.6) is 11.5 Å². The van der Waals surface area contributed by atoms with Crippen LogP contribution >= 0.6 is 11.6 Å². The number of methoxy groups -OCH3 is 1. The Labute approximate surface area is 158 Å². The third kappa shape index (κ3) is 6.15. The second-order valence-electron chi connectivity index (χ2n) is 5.09. The highest BCUT2D eigenvalue weighted by Gasteiger charge is 2.17. The van der Waals surface area contributed by atoms with Crippen molar-refractivity contribution in [1.29, 1.82) is 0 Å². The number of carbonyl (C=O) groups excluding carboxylic acids is 2. The van der Waals surface area contributed by atoms with E-state index >= 15 is 0 Å². The van der Waals surface area contributed by atoms with E-state index in [0.717, 1.165) is 6.07 Å². The molecule has 0 radical (unpaired) electrons. The van der Waals surface area contributed by atoms with Crippen LogP contribution in [0.25, 0.3) is 0 Å². The molecule has 9 nitrogen and oxygen atoms in total. The number of anilines is 1. The molecule has 0 unspecified atom stereocenters. The molecule has 1 N–H and O–H groups in total. The Bertz CT molecular complexity index is 840. The van der Waals surface area contributed by atoms with Crippen molar-refractivity contribution in [2.75, 3.05) is 25.6 Å². The fourth-order valence-corrected chi connectivity index (χ4v) is 2.12. The molecule has 0 bridgehead atoms. The van der Waals surface area contributed by atoms with Crippen LogP contribution in [0.1, 0.15) is 0 Å². The lowest BCUT2D eigenvalue weighted by Crippen LogP contribution is -2.24. The zero-order valence-corrected chi connectivity index (χ0v) is 14.9. The number of nitrogens with one attached hydrogen (secondary N) is 1. The summed E-state index contributed by atoms with van der Waals surface area (Å²) in [5, 5.41) is 13.4. The number of nitrogens with zero attached hydrogens (tertiary/aromatic N) is 1. The maximum absolute atomic E-state index is 11.8. The van der Waals surface area contributed by atoms with E-state index in [9.17, 15) is 19.7 Å². The fourth-order valence-electron chi connectivity index (χ4n) is 1.95. The summed E-state index contributed by atoms with van der Waals surface area (Å²) in [5.41, 5.74) is -0.426. The molecule has 0 fully saturated rings. The number of hydrogen-bond donors (Lipinski definition) is 1. The summed E-state index contributed by atoms with van der Waals surface area (Å²) in [5.74, 6) is -0.448. The quantitative estimate of drug-likeness (QED) is 0.415. The van der Waals surface area contributed by atoms with E-state index < -0.39 is 30.0 Å². The molecule has 0 spiro atoms. The molecule has 0 aliphatic carbocycles. The maximum atomic E-state index is 11.8. The van der Waals surface area contributed by atoms with Crippen LogP contribution in [0.2, 0.25) is 5.02 Å². The van der Waals surface area contributed by atoms with Crippen LogP contribution in [-0.2, 0) is 14.3 Å². The van der Waals surface area contributed by atoms with Gasteiger partial charge in [0.05, 0.1) is 12.0 Å². The molecule has 0 saturated carbocycles. The summed E-state index contributed by atoms with van der Waals surface area (Å²) in [6.45, 7) is -1.02. The van der Waals surface area contributed by atoms with Gasteiger partial charge in [-0.25, -0.2) is 4.79 Å². The molecule has 2 aromatic carbocycles. The normalized spacial score (nSPS) is 10.0. The van der Waals surface area contributed by atoms with Gasteiger partial charge in [0.15, 0.2) is 13.2 Å². The van der Waals surface area contributed by atoms with Gasteiger partial charge in [0.1, 0.15) is 17.2 Å². The van der Waals surface area contributed by atoms with E-state index in [1.807, 2.05) is 0 Å². The van der Waals surface area contributed by atoms with Crippen LogP contribution in [0.3, 0.4) is 0 Å². The SMILES string of the molecule is COc1ccc(OCC(=O)OCC(=O)Nc2ccc(Cl)cc2[N+](=O)[O-])cc1. The third-order valence-electron chi connectivity index (χ3n) is 3.21. The van der Waals surface area contributed by atoms with Crippen molar-refractivity contribution in [2.45, 2.75) is 0 Å². The molecule has 0 aliphatic heterocycles. The predicted octanol–water partition coefficient (Wildman–Crippen LogP) is 2.82. The van der Waals surface area contributed by atoms with Gasteiger partial charge in [-0.1, -0.05) is 11.6 Å². The van der Waals surface area contributed by atoms with Gasteiger partial charge >= 0.3 is 5.97 Å². The first-order valence-electron chi connectivity index (χ1n) is 7.55. The highest BCUT2D eigenvalue weighted by atomic mass is 35.5. The van der Waals surface area contributed by atoms with E-state index in [1.54, 1.807) is 24.3 Å². The number of nitro groups is 1. The van der Waals surface area contributed by atoms with Crippen molar-refractivity contribution < 1.29 is 28.7 Å². The smallest absolute Gasteiger partial charge is 0.344 e. The molecular weight excluding hydrogens is 380 g/mol. The minimum absolute atomic E-state index is 0.0556. The fraction of sp³-hybridized carbons (Fsp3) is 0.176. The van der Waals surface area contributed by atoms with Crippen molar-refractivity contribution in [3.05, 3.63) is 57.6 Å². The zero-order chi connectivity index (χ0) is 19.8. The largest absolute Gasteiger partial charge is 0.497 e. The van der Waals surface area contributed by atoms with E-state index in [4.69, 9.17) is 25.8 Å². The van der Waals surface area contributed by atoms with Crippen molar-refractivity contribution in [2.24, 2.45) is 0 Å². The molecule has 0 heterocycles. The summed E-state index contributed by atoms with van der Waals surface area (Å²) in [7, 11) is 1.52. The summed E-state index contributed by atoms with van der Waals surface area (Å²) in [6.07, 6.45) is 0. The Morgan fingerprint density at radius 2 is 1.78 bits per heavy atom. The standard InChI is InChI=1S/C17H15ClN2O7/c1-25-12-3-5-13(6-4-12)26-10-17(22)27-9-16(21)19-14-7-2-11(18)8-15(14)20(23)24/h2-8H,9-10H2,1H3,(H,19,21). The molecule has 0 saturated heterocycles. The second-order valence-corrected chi connectivity index (χ2v) is 5.53. The van der Waals surface area contributed by atoms with Gasteiger partial charge in [0.25, 0.3) is 11.6 Å². The molecule has 0 atom stereocenters. The van der Waals surface area contributed by atoms with Gasteiger partial charge < -0.3 is 19.5 Å². The highest BCUT2D eigenvalue weighted by Crippen LogP contribution is 2.27. The molecule has 0 aliphatic rings. The summed E-state index contributed by atoms with van der Waals surface area (Å²) in [4.78, 5) is 33.7. The highest BCUT2D eigenvalue weighted by molar-refractivity contribution is 6.31. The molecule has 2 aromatic rings. The number of halogens is 1. The number of nitro benzene ring substituents is 1. The van der Waals surface area contributed by atoms with Crippen molar-refractivity contribution >= 4 is 34.9 Å². The van der Waals surface area contributed by atoms with E-state index in [-0.39, 0.29) is 16.4 Å². The zero-order valence-electron chi connectivity index (χ0n) is 14.1. The first-order valence-corrected chi connectivity index (χ1v) is 7.93. The van der Waals surface area contributed by atoms with E-state index in [0.29, 0.717) is 11.5 Å². The number of rotatable bonds is 8. The van der Waals surface area contributed by atoms with Crippen molar-refractivity contribution in [3.63, 3.8) is 0 Å². The van der Waals surface area contributed by atoms with Gasteiger partial charge in [-0.05, 0) is 36.4 Å². The molecule has 142 valence electrons. The van der Waals surface area contributed by atoms with Crippen LogP contribution in [0.15, 0.2) is 42.5 Å². The average Bonchev–Trinajstić information content (AvgIpc) is 2.66. The lowest BCUT2D eigenvalue weighted by atomic mass is 10.2. The lowest BCUT2D eigenvalue weighted by molar-refractivity contribution is -0.383. The van der Waals surface area contributed by atoms with Gasteiger partial charge in [-0.15, -0.1) is 0 Å². The molecule has 10 heteroatoms. The van der Waals surface area contributed by atoms with Crippen LogP contribution in [-0.4, -0.2) is 37.1 Å². The number of hydrogen-bond acceptors (Lipinski definition) is 7. The molecule has 27 heavy (non-hydrogen) atoms. The molecule has 2 rings (SSSR count).